The number of carbonyl (C=O) groups is 10. The lowest BCUT2D eigenvalue weighted by molar-refractivity contribution is -0.368. The van der Waals surface area contributed by atoms with Crippen molar-refractivity contribution < 1.29 is 68.3 Å². The molecule has 22 nitrogen and oxygen atoms in total. The van der Waals surface area contributed by atoms with Crippen LogP contribution >= 0.6 is 11.6 Å². The number of halogens is 1. The average Bonchev–Trinajstić information content (AvgIpc) is 3.66. The number of ether oxygens (including phenoxy) is 2. The number of methoxy groups -OCH3 is 1. The minimum absolute atomic E-state index is 0.0313. The number of hydrogen-bond acceptors (Lipinski definition) is 15. The number of piperazine rings is 1. The van der Waals surface area contributed by atoms with E-state index < -0.39 is 71.1 Å². The van der Waals surface area contributed by atoms with Crippen molar-refractivity contribution >= 4 is 70.7 Å². The zero-order chi connectivity index (χ0) is 50.6. The van der Waals surface area contributed by atoms with Crippen LogP contribution in [0.3, 0.4) is 0 Å². The number of hydrogen-bond donors (Lipinski definition) is 6. The second-order valence-electron chi connectivity index (χ2n) is 17.1. The van der Waals surface area contributed by atoms with Gasteiger partial charge in [0.15, 0.2) is 5.72 Å². The predicted octanol–water partition coefficient (Wildman–Crippen LogP) is -2.43. The van der Waals surface area contributed by atoms with Crippen molar-refractivity contribution in [3.05, 3.63) is 70.6 Å². The molecule has 374 valence electrons. The number of nitrogens with one attached hydrogen (secondary N) is 3. The molecule has 1 aromatic rings. The molecule has 0 aromatic heterocycles. The Bertz CT molecular complexity index is 2270. The van der Waals surface area contributed by atoms with Crippen molar-refractivity contribution in [2.75, 3.05) is 45.8 Å². The largest absolute Gasteiger partial charge is 0.549 e. The molecule has 10 N–H and O–H groups in total. The Labute approximate surface area is 403 Å². The van der Waals surface area contributed by atoms with Crippen molar-refractivity contribution in [2.45, 2.75) is 101 Å². The van der Waals surface area contributed by atoms with Crippen LogP contribution in [-0.4, -0.2) is 149 Å². The first-order valence-corrected chi connectivity index (χ1v) is 23.3. The summed E-state index contributed by atoms with van der Waals surface area (Å²) in [5.74, 6) is -5.94. The fourth-order valence-electron chi connectivity index (χ4n) is 9.30. The molecule has 0 spiro atoms. The number of carbonyl (C=O) groups excluding carboxylic acids is 10. The third-order valence-electron chi connectivity index (χ3n) is 12.7. The van der Waals surface area contributed by atoms with Gasteiger partial charge in [0, 0.05) is 69.3 Å². The molecule has 5 aliphatic rings. The van der Waals surface area contributed by atoms with Gasteiger partial charge >= 0.3 is 6.09 Å². The van der Waals surface area contributed by atoms with Gasteiger partial charge in [0.05, 0.1) is 41.7 Å². The fourth-order valence-corrected chi connectivity index (χ4v) is 9.30. The summed E-state index contributed by atoms with van der Waals surface area (Å²) in [6, 6.07) is 6.27. The summed E-state index contributed by atoms with van der Waals surface area (Å²) in [5.41, 5.74) is 14.7. The monoisotopic (exact) mass is 981 g/mol. The van der Waals surface area contributed by atoms with E-state index in [2.05, 4.69) is 33.3 Å². The lowest BCUT2D eigenvalue weighted by Crippen LogP contribution is -2.56. The molecule has 0 radical (unpaired) electrons. The van der Waals surface area contributed by atoms with Crippen LogP contribution in [0.4, 0.5) is 4.79 Å². The standard InChI is InChI=1S/C44H57N9O11.C2H3ClO2/c1-25-36(46)39(59)35-27(24-64-43(47)62)44(63-2)40-30(23-52(44)37(35)38(25)58)53(40)34(57)16-11-20-48-41(60)28(14-8-9-19-45)50-42(61)29(22-26-12-5-3-6-13-26)49-31(54)15-7-4-10-21-51-32(55)17-18-33(51)56;3-1-2(4)5/h3,5-6,12-13,17-18,27-30,40H,4,7-11,14-16,19-24,45-46H2,1-2H3,(H2,47,62)(H,48,60)(H,49,54)(H,50,61);1H2,(H,4,5)/t27?,28?,29-,30?,40?,44?,53?;/m0./s1. The van der Waals surface area contributed by atoms with E-state index in [-0.39, 0.29) is 104 Å². The Kier molecular flexibility index (Phi) is 18.6. The van der Waals surface area contributed by atoms with E-state index in [1.807, 2.05) is 30.3 Å². The zero-order valence-electron chi connectivity index (χ0n) is 38.6. The van der Waals surface area contributed by atoms with Gasteiger partial charge in [-0.1, -0.05) is 36.8 Å². The Hall–Kier alpha value is -6.65. The van der Waals surface area contributed by atoms with Crippen molar-refractivity contribution in [1.29, 1.82) is 0 Å². The Morgan fingerprint density at radius 2 is 1.59 bits per heavy atom. The molecule has 5 unspecified atom stereocenters. The molecule has 0 saturated carbocycles. The second-order valence-corrected chi connectivity index (χ2v) is 17.4. The topological polar surface area (TPSA) is 337 Å². The first-order valence-electron chi connectivity index (χ1n) is 22.8. The van der Waals surface area contributed by atoms with Gasteiger partial charge in [-0.3, -0.25) is 43.3 Å². The highest BCUT2D eigenvalue weighted by atomic mass is 35.5. The number of amides is 7. The van der Waals surface area contributed by atoms with Gasteiger partial charge in [0.25, 0.3) is 11.8 Å². The number of carboxylic acids is 1. The van der Waals surface area contributed by atoms with E-state index in [1.54, 1.807) is 9.80 Å². The molecule has 0 bridgehead atoms. The maximum Gasteiger partial charge on any atom is 0.404 e. The molecule has 7 amide bonds. The molecule has 69 heavy (non-hydrogen) atoms. The van der Waals surface area contributed by atoms with Crippen LogP contribution < -0.4 is 38.3 Å². The number of nitrogens with zero attached hydrogens (tertiary/aromatic N) is 3. The summed E-state index contributed by atoms with van der Waals surface area (Å²) in [7, 11) is 1.40. The number of fused-ring (bicyclic) bond motifs is 4. The molecule has 2 saturated heterocycles. The van der Waals surface area contributed by atoms with E-state index in [9.17, 15) is 43.2 Å². The lowest BCUT2D eigenvalue weighted by Gasteiger charge is -2.41. The van der Waals surface area contributed by atoms with Crippen LogP contribution in [0, 0.1) is 5.92 Å². The zero-order valence-corrected chi connectivity index (χ0v) is 39.4. The van der Waals surface area contributed by atoms with Crippen LogP contribution in [0.5, 0.6) is 0 Å². The number of benzene rings is 1. The van der Waals surface area contributed by atoms with Crippen LogP contribution in [0.25, 0.3) is 0 Å². The predicted molar refractivity (Wildman–Crippen MR) is 242 cm³/mol. The number of allylic oxidation sites excluding steroid dienone is 2. The Morgan fingerprint density at radius 3 is 2.22 bits per heavy atom. The SMILES string of the molecule is COC12C(COC(N)=O)C3=C(C(=O)C(C)=C(N)C3=O)N1CC1C2N1C(=O)CCCNC(=O)C(CCCC[NH3+])NC(=O)[C@H](Cc1ccccc1)NC(=O)CCCCCN1C(=O)C=CC1=O.O=C([O-])CCl. The summed E-state index contributed by atoms with van der Waals surface area (Å²) >= 11 is 4.67. The van der Waals surface area contributed by atoms with Crippen molar-refractivity contribution in [3.63, 3.8) is 0 Å². The number of Topliss-reactive ketones (excluding diaryl/α,β-unsaturated/α-hetero) is 2. The highest BCUT2D eigenvalue weighted by molar-refractivity contribution is 6.26. The van der Waals surface area contributed by atoms with Gasteiger partial charge in [-0.25, -0.2) is 4.79 Å². The van der Waals surface area contributed by atoms with Crippen LogP contribution in [0.15, 0.2) is 65.0 Å². The smallest absolute Gasteiger partial charge is 0.404 e. The molecule has 4 heterocycles. The number of primary amides is 1. The molecule has 1 aliphatic carbocycles. The van der Waals surface area contributed by atoms with Crippen molar-refractivity contribution in [1.82, 2.24) is 30.7 Å². The van der Waals surface area contributed by atoms with E-state index in [4.69, 9.17) is 30.8 Å². The number of rotatable bonds is 24. The maximum atomic E-state index is 13.9. The number of nitrogens with two attached hydrogens (primary N) is 2. The van der Waals surface area contributed by atoms with Gasteiger partial charge in [0.1, 0.15) is 24.7 Å². The van der Waals surface area contributed by atoms with Crippen LogP contribution in [0.1, 0.15) is 70.3 Å². The third kappa shape index (κ3) is 12.3. The number of unbranched alkanes of at least 4 members (excludes halogenated alkanes) is 3. The Morgan fingerprint density at radius 1 is 0.913 bits per heavy atom. The fraction of sp³-hybridized carbons (Fsp3) is 0.522. The van der Waals surface area contributed by atoms with E-state index in [1.165, 1.54) is 26.2 Å². The summed E-state index contributed by atoms with van der Waals surface area (Å²) < 4.78 is 11.2. The highest BCUT2D eigenvalue weighted by Gasteiger charge is 2.77. The number of quaternary nitrogens is 1. The minimum Gasteiger partial charge on any atom is -0.549 e. The van der Waals surface area contributed by atoms with E-state index in [0.717, 1.165) is 10.5 Å². The molecular formula is C46H60ClN9O13. The van der Waals surface area contributed by atoms with Crippen molar-refractivity contribution in [3.8, 4) is 0 Å². The lowest BCUT2D eigenvalue weighted by atomic mass is 9.82. The summed E-state index contributed by atoms with van der Waals surface area (Å²) in [6.45, 7) is 2.26. The van der Waals surface area contributed by atoms with Gasteiger partial charge in [-0.15, -0.1) is 11.6 Å². The van der Waals surface area contributed by atoms with Crippen LogP contribution in [0.2, 0.25) is 0 Å². The molecule has 23 heteroatoms. The molecule has 6 atom stereocenters. The molecule has 6 rings (SSSR count). The van der Waals surface area contributed by atoms with Gasteiger partial charge in [0.2, 0.25) is 35.2 Å². The first kappa shape index (κ1) is 53.3. The quantitative estimate of drug-likeness (QED) is 0.0206. The molecule has 2 fully saturated rings. The Balaban J connectivity index is 0.00000169. The van der Waals surface area contributed by atoms with Gasteiger partial charge < -0.3 is 62.3 Å². The summed E-state index contributed by atoms with van der Waals surface area (Å²) in [5, 5.41) is 17.7. The molecule has 1 aromatic carbocycles. The van der Waals surface area contributed by atoms with Gasteiger partial charge in [-0.2, -0.15) is 0 Å². The molecular weight excluding hydrogens is 922 g/mol. The van der Waals surface area contributed by atoms with E-state index in [0.29, 0.717) is 45.1 Å². The number of carboxylic acid groups (broad SMARTS) is 1. The normalized spacial score (nSPS) is 21.8. The number of imide groups is 1. The number of ketones is 2. The third-order valence-corrected chi connectivity index (χ3v) is 12.9. The number of aliphatic carboxylic acids is 1. The molecule has 4 aliphatic heterocycles. The minimum atomic E-state index is -1.40. The van der Waals surface area contributed by atoms with Crippen LogP contribution in [-0.2, 0) is 59.0 Å². The van der Waals surface area contributed by atoms with Gasteiger partial charge in [-0.05, 0) is 51.0 Å². The first-order chi connectivity index (χ1) is 32.9. The summed E-state index contributed by atoms with van der Waals surface area (Å²) in [6.07, 6.45) is 5.14. The average molecular weight is 982 g/mol. The van der Waals surface area contributed by atoms with E-state index >= 15 is 0 Å². The van der Waals surface area contributed by atoms with Crippen molar-refractivity contribution in [2.24, 2.45) is 17.4 Å². The second kappa shape index (κ2) is 24.1. The number of alkyl halides is 1. The highest BCUT2D eigenvalue weighted by Crippen LogP contribution is 2.59. The maximum absolute atomic E-state index is 13.9. The summed E-state index contributed by atoms with van der Waals surface area (Å²) in [4.78, 5) is 130.